The average molecular weight is 478 g/mol. The average Bonchev–Trinajstić information content (AvgIpc) is 3.33. The molecule has 0 fully saturated rings. The first kappa shape index (κ1) is 30.0. The Kier molecular flexibility index (Phi) is 17.9. The molecule has 0 saturated carbocycles. The largest absolute Gasteiger partial charge is 0.462 e. The first-order valence-electron chi connectivity index (χ1n) is 13.4. The molecule has 0 bridgehead atoms. The number of esters is 1. The van der Waals surface area contributed by atoms with Crippen LogP contribution in [0.25, 0.3) is 6.08 Å². The lowest BCUT2D eigenvalue weighted by Gasteiger charge is -2.18. The molecule has 1 unspecified atom stereocenters. The van der Waals surface area contributed by atoms with Crippen LogP contribution in [0.5, 0.6) is 0 Å². The molecule has 194 valence electrons. The lowest BCUT2D eigenvalue weighted by Crippen LogP contribution is -2.31. The van der Waals surface area contributed by atoms with Gasteiger partial charge in [-0.1, -0.05) is 97.1 Å². The monoisotopic (exact) mass is 477 g/mol. The third-order valence-corrected chi connectivity index (χ3v) is 5.79. The summed E-state index contributed by atoms with van der Waals surface area (Å²) in [6, 6.07) is 1.78. The zero-order valence-electron chi connectivity index (χ0n) is 21.6. The zero-order valence-corrected chi connectivity index (χ0v) is 21.6. The van der Waals surface area contributed by atoms with Crippen molar-refractivity contribution in [1.29, 1.82) is 0 Å². The van der Waals surface area contributed by atoms with Gasteiger partial charge in [0.25, 0.3) is 0 Å². The molecule has 0 aliphatic carbocycles. The van der Waals surface area contributed by atoms with Crippen molar-refractivity contribution >= 4 is 18.1 Å². The minimum Gasteiger partial charge on any atom is -0.462 e. The van der Waals surface area contributed by atoms with Gasteiger partial charge in [0.05, 0.1) is 6.61 Å². The fraction of sp³-hybridized carbons (Fsp3) is 0.714. The molecule has 0 saturated heterocycles. The van der Waals surface area contributed by atoms with Gasteiger partial charge in [0, 0.05) is 25.4 Å². The molecule has 0 N–H and O–H groups in total. The van der Waals surface area contributed by atoms with Crippen molar-refractivity contribution in [3.63, 3.8) is 0 Å². The van der Waals surface area contributed by atoms with E-state index in [4.69, 9.17) is 14.2 Å². The van der Waals surface area contributed by atoms with Gasteiger partial charge in [-0.2, -0.15) is 0 Å². The smallest absolute Gasteiger partial charge is 0.418 e. The maximum atomic E-state index is 12.5. The number of nitrogens with zero attached hydrogens (tertiary/aromatic N) is 1. The van der Waals surface area contributed by atoms with Gasteiger partial charge in [-0.25, -0.2) is 4.79 Å². The van der Waals surface area contributed by atoms with E-state index < -0.39 is 12.2 Å². The molecule has 34 heavy (non-hydrogen) atoms. The predicted octanol–water partition coefficient (Wildman–Crippen LogP) is 7.55. The van der Waals surface area contributed by atoms with Crippen LogP contribution in [0.3, 0.4) is 0 Å². The summed E-state index contributed by atoms with van der Waals surface area (Å²) >= 11 is 0. The SMILES string of the molecule is C=Cc1ccn(C(=O)OC(COCCCCCCCCC)COC(=O)CCCCCCCC)c1. The summed E-state index contributed by atoms with van der Waals surface area (Å²) in [6.45, 7) is 8.93. The number of rotatable bonds is 21. The number of hydrogen-bond donors (Lipinski definition) is 0. The quantitative estimate of drug-likeness (QED) is 0.135. The van der Waals surface area contributed by atoms with Crippen molar-refractivity contribution < 1.29 is 23.8 Å². The number of ether oxygens (including phenoxy) is 3. The summed E-state index contributed by atoms with van der Waals surface area (Å²) in [5, 5.41) is 0. The van der Waals surface area contributed by atoms with Gasteiger partial charge in [0.15, 0.2) is 6.10 Å². The summed E-state index contributed by atoms with van der Waals surface area (Å²) in [4.78, 5) is 24.6. The Balaban J connectivity index is 2.38. The molecule has 0 radical (unpaired) electrons. The molecule has 0 aliphatic rings. The molecule has 0 aliphatic heterocycles. The van der Waals surface area contributed by atoms with Gasteiger partial charge in [-0.15, -0.1) is 0 Å². The highest BCUT2D eigenvalue weighted by Gasteiger charge is 2.18. The Labute approximate surface area is 207 Å². The van der Waals surface area contributed by atoms with Crippen LogP contribution in [-0.2, 0) is 19.0 Å². The summed E-state index contributed by atoms with van der Waals surface area (Å²) < 4.78 is 18.1. The normalized spacial score (nSPS) is 11.8. The highest BCUT2D eigenvalue weighted by Crippen LogP contribution is 2.10. The molecule has 6 heteroatoms. The van der Waals surface area contributed by atoms with Crippen LogP contribution >= 0.6 is 0 Å². The van der Waals surface area contributed by atoms with E-state index in [1.165, 1.54) is 55.9 Å². The van der Waals surface area contributed by atoms with Crippen LogP contribution in [0.2, 0.25) is 0 Å². The molecule has 1 heterocycles. The summed E-state index contributed by atoms with van der Waals surface area (Å²) in [7, 11) is 0. The minimum atomic E-state index is -0.639. The van der Waals surface area contributed by atoms with E-state index in [1.807, 2.05) is 0 Å². The van der Waals surface area contributed by atoms with E-state index in [2.05, 4.69) is 20.4 Å². The van der Waals surface area contributed by atoms with E-state index in [-0.39, 0.29) is 19.2 Å². The maximum Gasteiger partial charge on any atom is 0.418 e. The van der Waals surface area contributed by atoms with Crippen molar-refractivity contribution in [3.8, 4) is 0 Å². The van der Waals surface area contributed by atoms with Crippen molar-refractivity contribution in [2.75, 3.05) is 19.8 Å². The van der Waals surface area contributed by atoms with Gasteiger partial charge < -0.3 is 14.2 Å². The number of carbonyl (C=O) groups excluding carboxylic acids is 2. The second-order valence-electron chi connectivity index (χ2n) is 8.96. The van der Waals surface area contributed by atoms with Gasteiger partial charge in [0.1, 0.15) is 6.61 Å². The van der Waals surface area contributed by atoms with Crippen LogP contribution < -0.4 is 0 Å². The van der Waals surface area contributed by atoms with Gasteiger partial charge in [-0.05, 0) is 24.5 Å². The molecule has 1 aromatic rings. The van der Waals surface area contributed by atoms with Gasteiger partial charge in [0.2, 0.25) is 0 Å². The van der Waals surface area contributed by atoms with E-state index in [1.54, 1.807) is 24.5 Å². The number of hydrogen-bond acceptors (Lipinski definition) is 5. The standard InChI is InChI=1S/C28H47NO5/c1-4-7-9-11-13-15-17-21-32-23-26(34-28(31)29-20-19-25(6-3)22-29)24-33-27(30)18-16-14-12-10-8-5-2/h6,19-20,22,26H,3-5,7-18,21,23-24H2,1-2H3. The Morgan fingerprint density at radius 3 is 2.15 bits per heavy atom. The van der Waals surface area contributed by atoms with Gasteiger partial charge in [-0.3, -0.25) is 9.36 Å². The van der Waals surface area contributed by atoms with Crippen LogP contribution in [-0.4, -0.2) is 42.6 Å². The Bertz CT molecular complexity index is 670. The topological polar surface area (TPSA) is 66.8 Å². The highest BCUT2D eigenvalue weighted by atomic mass is 16.6. The molecule has 0 aromatic carbocycles. The minimum absolute atomic E-state index is 0.00695. The summed E-state index contributed by atoms with van der Waals surface area (Å²) in [5.41, 5.74) is 0.828. The highest BCUT2D eigenvalue weighted by molar-refractivity contribution is 5.72. The second-order valence-corrected chi connectivity index (χ2v) is 8.96. The molecular weight excluding hydrogens is 430 g/mol. The van der Waals surface area contributed by atoms with E-state index >= 15 is 0 Å². The third-order valence-electron chi connectivity index (χ3n) is 5.79. The number of carbonyl (C=O) groups is 2. The summed E-state index contributed by atoms with van der Waals surface area (Å²) in [5.74, 6) is -0.251. The van der Waals surface area contributed by atoms with Crippen LogP contribution in [0.4, 0.5) is 4.79 Å². The van der Waals surface area contributed by atoms with Gasteiger partial charge >= 0.3 is 12.1 Å². The van der Waals surface area contributed by atoms with Crippen molar-refractivity contribution in [1.82, 2.24) is 4.57 Å². The molecule has 1 aromatic heterocycles. The number of unbranched alkanes of at least 4 members (excludes halogenated alkanes) is 11. The Morgan fingerprint density at radius 2 is 1.53 bits per heavy atom. The fourth-order valence-electron chi connectivity index (χ4n) is 3.65. The summed E-state index contributed by atoms with van der Waals surface area (Å²) in [6.07, 6.45) is 19.3. The zero-order chi connectivity index (χ0) is 24.9. The molecular formula is C28H47NO5. The molecule has 0 spiro atoms. The molecule has 6 nitrogen and oxygen atoms in total. The molecule has 1 atom stereocenters. The van der Waals surface area contributed by atoms with Crippen LogP contribution in [0, 0.1) is 0 Å². The van der Waals surface area contributed by atoms with Crippen molar-refractivity contribution in [2.24, 2.45) is 0 Å². The third kappa shape index (κ3) is 14.9. The maximum absolute atomic E-state index is 12.5. The van der Waals surface area contributed by atoms with Crippen molar-refractivity contribution in [2.45, 2.75) is 110 Å². The predicted molar refractivity (Wildman–Crippen MR) is 138 cm³/mol. The first-order chi connectivity index (χ1) is 16.6. The first-order valence-corrected chi connectivity index (χ1v) is 13.4. The molecule has 0 amide bonds. The molecule has 1 rings (SSSR count). The Hall–Kier alpha value is -2.08. The van der Waals surface area contributed by atoms with Crippen LogP contribution in [0.1, 0.15) is 109 Å². The van der Waals surface area contributed by atoms with E-state index in [9.17, 15) is 9.59 Å². The number of aromatic nitrogens is 1. The Morgan fingerprint density at radius 1 is 0.912 bits per heavy atom. The lowest BCUT2D eigenvalue weighted by molar-refractivity contribution is -0.148. The lowest BCUT2D eigenvalue weighted by atomic mass is 10.1. The fourth-order valence-corrected chi connectivity index (χ4v) is 3.65. The van der Waals surface area contributed by atoms with Crippen LogP contribution in [0.15, 0.2) is 25.0 Å². The van der Waals surface area contributed by atoms with E-state index in [0.717, 1.165) is 37.7 Å². The van der Waals surface area contributed by atoms with E-state index in [0.29, 0.717) is 13.0 Å². The van der Waals surface area contributed by atoms with Crippen molar-refractivity contribution in [3.05, 3.63) is 30.6 Å². The second kappa shape index (κ2) is 20.3.